The number of likely N-dealkylation sites (N-methyl/N-ethyl adjacent to an activating group) is 1. The largest absolute Gasteiger partial charge is 0.467 e. The van der Waals surface area contributed by atoms with E-state index in [1.807, 2.05) is 6.92 Å². The minimum atomic E-state index is -1.17. The Kier molecular flexibility index (Phi) is 8.68. The Labute approximate surface area is 240 Å². The fourth-order valence-electron chi connectivity index (χ4n) is 8.89. The number of piperidine rings is 1. The molecule has 4 rings (SSSR count). The van der Waals surface area contributed by atoms with Crippen molar-refractivity contribution in [3.05, 3.63) is 12.2 Å². The number of fused-ring (bicyclic) bond motifs is 3. The third kappa shape index (κ3) is 5.06. The number of hydroxylamine groups is 2. The minimum absolute atomic E-state index is 0.0533. The van der Waals surface area contributed by atoms with E-state index in [2.05, 4.69) is 58.8 Å². The summed E-state index contributed by atoms with van der Waals surface area (Å²) in [6, 6.07) is -1.17. The number of carbonyl (C=O) groups excluding carboxylic acids is 3. The Bertz CT molecular complexity index is 1010. The number of ether oxygens (including phenoxy) is 1. The summed E-state index contributed by atoms with van der Waals surface area (Å²) < 4.78 is 4.86. The van der Waals surface area contributed by atoms with Crippen LogP contribution in [0.1, 0.15) is 87.0 Å². The van der Waals surface area contributed by atoms with E-state index in [4.69, 9.17) is 9.57 Å². The maximum absolute atomic E-state index is 14.6. The molecule has 0 aromatic rings. The molecule has 0 bridgehead atoms. The summed E-state index contributed by atoms with van der Waals surface area (Å²) in [7, 11) is 2.72. The maximum atomic E-state index is 14.6. The highest BCUT2D eigenvalue weighted by atomic mass is 16.7. The van der Waals surface area contributed by atoms with E-state index in [1.165, 1.54) is 19.1 Å². The van der Waals surface area contributed by atoms with E-state index in [-0.39, 0.29) is 28.7 Å². The Morgan fingerprint density at radius 3 is 2.33 bits per heavy atom. The summed E-state index contributed by atoms with van der Waals surface area (Å²) in [5.74, 6) is -1.65. The van der Waals surface area contributed by atoms with Crippen LogP contribution in [-0.4, -0.2) is 76.7 Å². The summed E-state index contributed by atoms with van der Waals surface area (Å²) in [6.07, 6.45) is 10.3. The lowest BCUT2D eigenvalue weighted by Crippen LogP contribution is -2.60. The molecule has 0 aromatic carbocycles. The Hall–Kier alpha value is -1.77. The average molecular weight is 561 g/mol. The SMILES string of the molecule is COC(=O)[C@@H](CO)N(C)C(=O)[C@@H]1C(=O)[C@@]2(C)[C@H](C=C[C@H]3C[C@@H](C)CC[C@@H]32)[C@H]1[C@@H](C)ON1C(C)(C)CCCC1(C)C. The van der Waals surface area contributed by atoms with Gasteiger partial charge in [0.2, 0.25) is 5.91 Å². The average Bonchev–Trinajstić information content (AvgIpc) is 3.12. The summed E-state index contributed by atoms with van der Waals surface area (Å²) in [6.45, 7) is 14.5. The van der Waals surface area contributed by atoms with Gasteiger partial charge in [-0.05, 0) is 90.4 Å². The molecule has 0 radical (unpaired) electrons. The van der Waals surface area contributed by atoms with Crippen molar-refractivity contribution in [2.75, 3.05) is 20.8 Å². The van der Waals surface area contributed by atoms with Crippen molar-refractivity contribution >= 4 is 17.7 Å². The van der Waals surface area contributed by atoms with Crippen LogP contribution in [0.2, 0.25) is 0 Å². The first-order valence-electron chi connectivity index (χ1n) is 15.3. The molecule has 0 aromatic heterocycles. The van der Waals surface area contributed by atoms with Gasteiger partial charge in [0.05, 0.1) is 19.8 Å². The van der Waals surface area contributed by atoms with Gasteiger partial charge < -0.3 is 14.7 Å². The number of carbonyl (C=O) groups is 3. The Morgan fingerprint density at radius 2 is 1.75 bits per heavy atom. The molecule has 2 saturated carbocycles. The topological polar surface area (TPSA) is 96.4 Å². The van der Waals surface area contributed by atoms with Crippen molar-refractivity contribution in [3.63, 3.8) is 0 Å². The summed E-state index contributed by atoms with van der Waals surface area (Å²) >= 11 is 0. The number of aliphatic hydroxyl groups excluding tert-OH is 1. The van der Waals surface area contributed by atoms with Crippen molar-refractivity contribution in [2.24, 2.45) is 40.9 Å². The highest BCUT2D eigenvalue weighted by Gasteiger charge is 2.66. The quantitative estimate of drug-likeness (QED) is 0.280. The molecule has 1 heterocycles. The van der Waals surface area contributed by atoms with Crippen molar-refractivity contribution in [1.82, 2.24) is 9.96 Å². The third-order valence-corrected chi connectivity index (χ3v) is 11.0. The number of amides is 1. The van der Waals surface area contributed by atoms with Crippen molar-refractivity contribution < 1.29 is 29.1 Å². The maximum Gasteiger partial charge on any atom is 0.330 e. The molecule has 1 amide bonds. The van der Waals surface area contributed by atoms with Crippen LogP contribution in [0.15, 0.2) is 12.2 Å². The molecular weight excluding hydrogens is 508 g/mol. The van der Waals surface area contributed by atoms with E-state index in [0.717, 1.165) is 38.5 Å². The molecule has 0 unspecified atom stereocenters. The number of allylic oxidation sites excluding steroid dienone is 2. The smallest absolute Gasteiger partial charge is 0.330 e. The number of Topliss-reactive ketones (excluding diaryl/α,β-unsaturated/α-hetero) is 1. The van der Waals surface area contributed by atoms with Gasteiger partial charge in [-0.1, -0.05) is 32.4 Å². The zero-order valence-electron chi connectivity index (χ0n) is 26.1. The lowest BCUT2D eigenvalue weighted by atomic mass is 9.55. The molecule has 9 atom stereocenters. The van der Waals surface area contributed by atoms with Gasteiger partial charge in [-0.15, -0.1) is 0 Å². The van der Waals surface area contributed by atoms with Crippen LogP contribution in [0, 0.1) is 40.9 Å². The highest BCUT2D eigenvalue weighted by molar-refractivity contribution is 6.07. The predicted octanol–water partition coefficient (Wildman–Crippen LogP) is 4.40. The molecule has 1 saturated heterocycles. The molecule has 3 aliphatic carbocycles. The van der Waals surface area contributed by atoms with Crippen LogP contribution in [-0.2, 0) is 24.0 Å². The Balaban J connectivity index is 1.76. The fraction of sp³-hybridized carbons (Fsp3) is 0.844. The van der Waals surface area contributed by atoms with Crippen LogP contribution in [0.4, 0.5) is 0 Å². The zero-order valence-corrected chi connectivity index (χ0v) is 26.1. The molecule has 40 heavy (non-hydrogen) atoms. The first-order chi connectivity index (χ1) is 18.6. The van der Waals surface area contributed by atoms with Crippen LogP contribution in [0.5, 0.6) is 0 Å². The molecule has 1 N–H and O–H groups in total. The van der Waals surface area contributed by atoms with Crippen LogP contribution in [0.3, 0.4) is 0 Å². The van der Waals surface area contributed by atoms with Gasteiger partial charge in [-0.3, -0.25) is 14.4 Å². The summed E-state index contributed by atoms with van der Waals surface area (Å²) in [5, 5.41) is 12.1. The van der Waals surface area contributed by atoms with Crippen LogP contribution in [0.25, 0.3) is 0 Å². The van der Waals surface area contributed by atoms with Gasteiger partial charge >= 0.3 is 5.97 Å². The van der Waals surface area contributed by atoms with E-state index in [0.29, 0.717) is 11.8 Å². The third-order valence-electron chi connectivity index (χ3n) is 11.0. The second kappa shape index (κ2) is 11.1. The number of hydrogen-bond acceptors (Lipinski definition) is 7. The second-order valence-electron chi connectivity index (χ2n) is 14.6. The minimum Gasteiger partial charge on any atom is -0.467 e. The zero-order chi connectivity index (χ0) is 29.8. The number of esters is 1. The number of methoxy groups -OCH3 is 1. The molecular formula is C32H52N2O6. The normalized spacial score (nSPS) is 38.2. The van der Waals surface area contributed by atoms with E-state index in [9.17, 15) is 19.5 Å². The first-order valence-corrected chi connectivity index (χ1v) is 15.3. The molecule has 1 aliphatic heterocycles. The number of aliphatic hydroxyl groups is 1. The van der Waals surface area contributed by atoms with Crippen molar-refractivity contribution in [3.8, 4) is 0 Å². The summed E-state index contributed by atoms with van der Waals surface area (Å²) in [4.78, 5) is 49.4. The molecule has 0 spiro atoms. The predicted molar refractivity (Wildman–Crippen MR) is 153 cm³/mol. The van der Waals surface area contributed by atoms with Crippen molar-refractivity contribution in [1.29, 1.82) is 0 Å². The number of ketones is 1. The fourth-order valence-corrected chi connectivity index (χ4v) is 8.89. The van der Waals surface area contributed by atoms with Crippen molar-refractivity contribution in [2.45, 2.75) is 110 Å². The van der Waals surface area contributed by atoms with E-state index < -0.39 is 47.9 Å². The highest BCUT2D eigenvalue weighted by Crippen LogP contribution is 2.61. The van der Waals surface area contributed by atoms with Gasteiger partial charge in [0.1, 0.15) is 5.92 Å². The lowest BCUT2D eigenvalue weighted by Gasteiger charge is -2.53. The molecule has 226 valence electrons. The van der Waals surface area contributed by atoms with Gasteiger partial charge in [0.25, 0.3) is 0 Å². The van der Waals surface area contributed by atoms with Gasteiger partial charge in [-0.2, -0.15) is 5.06 Å². The number of nitrogens with zero attached hydrogens (tertiary/aromatic N) is 2. The number of hydrogen-bond donors (Lipinski definition) is 1. The molecule has 4 aliphatic rings. The van der Waals surface area contributed by atoms with E-state index >= 15 is 0 Å². The standard InChI is InChI=1S/C32H52N2O6/c1-19-11-13-22-21(17-19)12-14-23-25(20(2)40-34-30(3,4)15-10-16-31(34,5)6)26(27(36)32(22,23)7)28(37)33(8)24(18-35)29(38)39-9/h12,14,19-26,35H,10-11,13,15-18H2,1-9H3/t19-,20+,21-,22-,23+,24+,25+,26-,32+/m0/s1. The Morgan fingerprint density at radius 1 is 1.12 bits per heavy atom. The second-order valence-corrected chi connectivity index (χ2v) is 14.6. The molecule has 8 nitrogen and oxygen atoms in total. The number of rotatable bonds is 7. The van der Waals surface area contributed by atoms with Gasteiger partial charge in [-0.25, -0.2) is 4.79 Å². The first kappa shape index (κ1) is 31.2. The van der Waals surface area contributed by atoms with Crippen LogP contribution < -0.4 is 0 Å². The molecule has 8 heteroatoms. The monoisotopic (exact) mass is 560 g/mol. The van der Waals surface area contributed by atoms with E-state index in [1.54, 1.807) is 0 Å². The van der Waals surface area contributed by atoms with Gasteiger partial charge in [0.15, 0.2) is 11.8 Å². The van der Waals surface area contributed by atoms with Gasteiger partial charge in [0, 0.05) is 29.5 Å². The summed E-state index contributed by atoms with van der Waals surface area (Å²) in [5.41, 5.74) is -1.09. The lowest BCUT2D eigenvalue weighted by molar-refractivity contribution is -0.312. The molecule has 3 fully saturated rings. The van der Waals surface area contributed by atoms with Crippen LogP contribution >= 0.6 is 0 Å².